The summed E-state index contributed by atoms with van der Waals surface area (Å²) in [5.41, 5.74) is 1.43. The first-order valence-corrected chi connectivity index (χ1v) is 6.54. The number of hydrogen-bond donors (Lipinski definition) is 1. The second-order valence-corrected chi connectivity index (χ2v) is 4.88. The molecular weight excluding hydrogens is 276 g/mol. The highest BCUT2D eigenvalue weighted by Crippen LogP contribution is 2.16. The van der Waals surface area contributed by atoms with Gasteiger partial charge in [-0.3, -0.25) is 4.79 Å². The van der Waals surface area contributed by atoms with E-state index in [2.05, 4.69) is 4.98 Å². The molecule has 0 bridgehead atoms. The van der Waals surface area contributed by atoms with Gasteiger partial charge in [0, 0.05) is 19.8 Å². The number of aliphatic hydroxyl groups excluding tert-OH is 1. The Morgan fingerprint density at radius 1 is 1.30 bits per heavy atom. The van der Waals surface area contributed by atoms with Gasteiger partial charge in [-0.2, -0.15) is 0 Å². The molecule has 1 atom stereocenters. The van der Waals surface area contributed by atoms with Crippen LogP contribution in [0.2, 0.25) is 5.15 Å². The molecule has 0 saturated carbocycles. The lowest BCUT2D eigenvalue weighted by Crippen LogP contribution is -2.31. The number of halogens is 1. The van der Waals surface area contributed by atoms with E-state index in [-0.39, 0.29) is 5.91 Å². The molecule has 0 radical (unpaired) electrons. The van der Waals surface area contributed by atoms with Gasteiger partial charge < -0.3 is 10.0 Å². The molecule has 0 aliphatic carbocycles. The summed E-state index contributed by atoms with van der Waals surface area (Å²) >= 11 is 5.71. The molecule has 1 aromatic carbocycles. The maximum Gasteiger partial charge on any atom is 0.256 e. The number of amides is 1. The van der Waals surface area contributed by atoms with E-state index in [4.69, 9.17) is 11.6 Å². The van der Waals surface area contributed by atoms with Crippen molar-refractivity contribution in [1.82, 2.24) is 9.88 Å². The number of aliphatic hydroxyl groups is 1. The first-order chi connectivity index (χ1) is 9.58. The van der Waals surface area contributed by atoms with Crippen molar-refractivity contribution in [2.45, 2.75) is 12.6 Å². The Balaban J connectivity index is 2.03. The normalized spacial score (nSPS) is 11.9. The van der Waals surface area contributed by atoms with Crippen LogP contribution in [0.1, 0.15) is 17.2 Å². The molecule has 1 amide bonds. The zero-order valence-electron chi connectivity index (χ0n) is 11.0. The lowest BCUT2D eigenvalue weighted by molar-refractivity contribution is -0.139. The number of nitrogens with zero attached hydrogens (tertiary/aromatic N) is 2. The van der Waals surface area contributed by atoms with Gasteiger partial charge in [-0.15, -0.1) is 0 Å². The van der Waals surface area contributed by atoms with E-state index >= 15 is 0 Å². The molecule has 4 nitrogen and oxygen atoms in total. The summed E-state index contributed by atoms with van der Waals surface area (Å²) < 4.78 is 0. The highest BCUT2D eigenvalue weighted by molar-refractivity contribution is 6.29. The second kappa shape index (κ2) is 6.50. The Morgan fingerprint density at radius 3 is 2.60 bits per heavy atom. The third kappa shape index (κ3) is 3.56. The summed E-state index contributed by atoms with van der Waals surface area (Å²) in [7, 11) is 1.64. The molecule has 0 spiro atoms. The standard InChI is InChI=1S/C15H15ClN2O2/c1-18(10-11-7-8-13(16)17-9-11)15(20)14(19)12-5-3-2-4-6-12/h2-9,14,19H,10H2,1H3. The van der Waals surface area contributed by atoms with Crippen molar-refractivity contribution in [2.24, 2.45) is 0 Å². The minimum atomic E-state index is -1.15. The van der Waals surface area contributed by atoms with Gasteiger partial charge in [0.25, 0.3) is 5.91 Å². The van der Waals surface area contributed by atoms with Gasteiger partial charge in [0.2, 0.25) is 0 Å². The van der Waals surface area contributed by atoms with Gasteiger partial charge in [-0.05, 0) is 17.2 Å². The summed E-state index contributed by atoms with van der Waals surface area (Å²) in [5.74, 6) is -0.355. The van der Waals surface area contributed by atoms with Crippen molar-refractivity contribution in [2.75, 3.05) is 7.05 Å². The average molecular weight is 291 g/mol. The Labute approximate surface area is 122 Å². The molecule has 2 rings (SSSR count). The molecule has 1 unspecified atom stereocenters. The van der Waals surface area contributed by atoms with E-state index in [0.29, 0.717) is 17.3 Å². The van der Waals surface area contributed by atoms with Crippen LogP contribution in [0.5, 0.6) is 0 Å². The van der Waals surface area contributed by atoms with Gasteiger partial charge in [-0.1, -0.05) is 48.0 Å². The van der Waals surface area contributed by atoms with Crippen LogP contribution in [0.3, 0.4) is 0 Å². The van der Waals surface area contributed by atoms with Gasteiger partial charge >= 0.3 is 0 Å². The van der Waals surface area contributed by atoms with Crippen molar-refractivity contribution < 1.29 is 9.90 Å². The number of aromatic nitrogens is 1. The molecule has 1 N–H and O–H groups in total. The first-order valence-electron chi connectivity index (χ1n) is 6.16. The average Bonchev–Trinajstić information content (AvgIpc) is 2.49. The van der Waals surface area contributed by atoms with Crippen molar-refractivity contribution in [3.63, 3.8) is 0 Å². The molecule has 20 heavy (non-hydrogen) atoms. The molecule has 0 fully saturated rings. The third-order valence-corrected chi connectivity index (χ3v) is 3.16. The fraction of sp³-hybridized carbons (Fsp3) is 0.200. The maximum absolute atomic E-state index is 12.1. The number of carbonyl (C=O) groups is 1. The molecule has 0 saturated heterocycles. The molecule has 1 heterocycles. The van der Waals surface area contributed by atoms with Gasteiger partial charge in [0.1, 0.15) is 5.15 Å². The van der Waals surface area contributed by atoms with E-state index in [9.17, 15) is 9.90 Å². The number of rotatable bonds is 4. The summed E-state index contributed by atoms with van der Waals surface area (Å²) in [5, 5.41) is 10.5. The fourth-order valence-corrected chi connectivity index (χ4v) is 1.95. The van der Waals surface area contributed by atoms with E-state index in [1.54, 1.807) is 49.6 Å². The quantitative estimate of drug-likeness (QED) is 0.880. The number of likely N-dealkylation sites (N-methyl/N-ethyl adjacent to an activating group) is 1. The van der Waals surface area contributed by atoms with Crippen molar-refractivity contribution >= 4 is 17.5 Å². The topological polar surface area (TPSA) is 53.4 Å². The molecular formula is C15H15ClN2O2. The Kier molecular flexibility index (Phi) is 4.71. The van der Waals surface area contributed by atoms with E-state index in [1.807, 2.05) is 6.07 Å². The van der Waals surface area contributed by atoms with Crippen LogP contribution in [0.4, 0.5) is 0 Å². The van der Waals surface area contributed by atoms with Crippen LogP contribution in [-0.2, 0) is 11.3 Å². The van der Waals surface area contributed by atoms with Gasteiger partial charge in [0.15, 0.2) is 6.10 Å². The first kappa shape index (κ1) is 14.5. The molecule has 0 aliphatic rings. The zero-order valence-corrected chi connectivity index (χ0v) is 11.8. The largest absolute Gasteiger partial charge is 0.378 e. The van der Waals surface area contributed by atoms with Crippen molar-refractivity contribution in [3.05, 3.63) is 64.9 Å². The van der Waals surface area contributed by atoms with Crippen LogP contribution >= 0.6 is 11.6 Å². The van der Waals surface area contributed by atoms with Crippen LogP contribution in [0.25, 0.3) is 0 Å². The summed E-state index contributed by atoms with van der Waals surface area (Å²) in [6, 6.07) is 12.3. The molecule has 2 aromatic rings. The number of pyridine rings is 1. The lowest BCUT2D eigenvalue weighted by Gasteiger charge is -2.20. The molecule has 0 aliphatic heterocycles. The number of carbonyl (C=O) groups excluding carboxylic acids is 1. The second-order valence-electron chi connectivity index (χ2n) is 4.50. The molecule has 5 heteroatoms. The minimum absolute atomic E-state index is 0.355. The minimum Gasteiger partial charge on any atom is -0.378 e. The Morgan fingerprint density at radius 2 is 2.00 bits per heavy atom. The predicted octanol–water partition coefficient (Wildman–Crippen LogP) is 2.43. The molecule has 104 valence electrons. The van der Waals surface area contributed by atoms with Crippen molar-refractivity contribution in [1.29, 1.82) is 0 Å². The summed E-state index contributed by atoms with van der Waals surface area (Å²) in [6.45, 7) is 0.368. The fourth-order valence-electron chi connectivity index (χ4n) is 1.84. The smallest absolute Gasteiger partial charge is 0.256 e. The Bertz CT molecular complexity index is 572. The highest BCUT2D eigenvalue weighted by Gasteiger charge is 2.21. The van der Waals surface area contributed by atoms with Crippen LogP contribution < -0.4 is 0 Å². The van der Waals surface area contributed by atoms with Crippen molar-refractivity contribution in [3.8, 4) is 0 Å². The predicted molar refractivity (Wildman–Crippen MR) is 77.1 cm³/mol. The van der Waals surface area contributed by atoms with Gasteiger partial charge in [-0.25, -0.2) is 4.98 Å². The zero-order chi connectivity index (χ0) is 14.5. The van der Waals surface area contributed by atoms with E-state index in [1.165, 1.54) is 4.90 Å². The van der Waals surface area contributed by atoms with E-state index < -0.39 is 6.10 Å². The van der Waals surface area contributed by atoms with Crippen LogP contribution in [-0.4, -0.2) is 27.9 Å². The Hall–Kier alpha value is -1.91. The number of benzene rings is 1. The summed E-state index contributed by atoms with van der Waals surface area (Å²) in [6.07, 6.45) is 0.461. The maximum atomic E-state index is 12.1. The SMILES string of the molecule is CN(Cc1ccc(Cl)nc1)C(=O)C(O)c1ccccc1. The van der Waals surface area contributed by atoms with Crippen LogP contribution in [0.15, 0.2) is 48.7 Å². The number of hydrogen-bond acceptors (Lipinski definition) is 3. The van der Waals surface area contributed by atoms with Gasteiger partial charge in [0.05, 0.1) is 0 Å². The summed E-state index contributed by atoms with van der Waals surface area (Å²) in [4.78, 5) is 17.6. The highest BCUT2D eigenvalue weighted by atomic mass is 35.5. The third-order valence-electron chi connectivity index (χ3n) is 2.93. The van der Waals surface area contributed by atoms with E-state index in [0.717, 1.165) is 5.56 Å². The lowest BCUT2D eigenvalue weighted by atomic mass is 10.1. The monoisotopic (exact) mass is 290 g/mol. The van der Waals surface area contributed by atoms with Crippen LogP contribution in [0, 0.1) is 0 Å². The molecule has 1 aromatic heterocycles.